The molecule has 4 aromatic rings. The summed E-state index contributed by atoms with van der Waals surface area (Å²) in [6.45, 7) is -0.734. The van der Waals surface area contributed by atoms with Crippen molar-refractivity contribution in [1.29, 1.82) is 0 Å². The molecule has 140 valence electrons. The molecule has 0 N–H and O–H groups in total. The van der Waals surface area contributed by atoms with Crippen molar-refractivity contribution < 1.29 is 13.2 Å². The maximum atomic E-state index is 14.4. The molecule has 5 rings (SSSR count). The molecule has 0 amide bonds. The van der Waals surface area contributed by atoms with E-state index < -0.39 is 11.7 Å². The number of fused-ring (bicyclic) bond motifs is 1. The van der Waals surface area contributed by atoms with E-state index in [0.29, 0.717) is 11.3 Å². The van der Waals surface area contributed by atoms with Gasteiger partial charge in [-0.1, -0.05) is 6.07 Å². The van der Waals surface area contributed by atoms with Gasteiger partial charge in [0.25, 0.3) is 5.92 Å². The molecule has 3 aromatic heterocycles. The van der Waals surface area contributed by atoms with Crippen molar-refractivity contribution in [2.75, 3.05) is 18.0 Å². The van der Waals surface area contributed by atoms with Crippen molar-refractivity contribution in [3.63, 3.8) is 0 Å². The van der Waals surface area contributed by atoms with Gasteiger partial charge >= 0.3 is 0 Å². The summed E-state index contributed by atoms with van der Waals surface area (Å²) in [6, 6.07) is 11.8. The second-order valence-electron chi connectivity index (χ2n) is 6.77. The van der Waals surface area contributed by atoms with Crippen molar-refractivity contribution in [1.82, 2.24) is 19.7 Å². The van der Waals surface area contributed by atoms with Gasteiger partial charge in [-0.3, -0.25) is 4.98 Å². The maximum Gasteiger partial charge on any atom is 0.282 e. The quantitative estimate of drug-likeness (QED) is 0.537. The highest BCUT2D eigenvalue weighted by molar-refractivity contribution is 5.80. The summed E-state index contributed by atoms with van der Waals surface area (Å²) in [5.74, 6) is -3.19. The molecule has 0 spiro atoms. The van der Waals surface area contributed by atoms with Crippen LogP contribution in [0.3, 0.4) is 0 Å². The summed E-state index contributed by atoms with van der Waals surface area (Å²) >= 11 is 0. The highest BCUT2D eigenvalue weighted by Crippen LogP contribution is 2.33. The number of anilines is 1. The van der Waals surface area contributed by atoms with E-state index >= 15 is 0 Å². The lowest BCUT2D eigenvalue weighted by molar-refractivity contribution is -0.0262. The number of alkyl halides is 2. The Bertz CT molecular complexity index is 1170. The lowest BCUT2D eigenvalue weighted by Gasteiger charge is -2.40. The Labute approximate surface area is 158 Å². The summed E-state index contributed by atoms with van der Waals surface area (Å²) in [5, 5.41) is 5.06. The fourth-order valence-corrected chi connectivity index (χ4v) is 3.28. The summed E-state index contributed by atoms with van der Waals surface area (Å²) in [7, 11) is 0. The van der Waals surface area contributed by atoms with Crippen molar-refractivity contribution in [2.45, 2.75) is 5.92 Å². The lowest BCUT2D eigenvalue weighted by atomic mass is 10.1. The van der Waals surface area contributed by atoms with Crippen LogP contribution in [0.5, 0.6) is 0 Å². The van der Waals surface area contributed by atoms with E-state index in [1.807, 2.05) is 24.3 Å². The molecule has 28 heavy (non-hydrogen) atoms. The van der Waals surface area contributed by atoms with E-state index in [0.717, 1.165) is 16.6 Å². The van der Waals surface area contributed by atoms with E-state index in [1.165, 1.54) is 27.8 Å². The minimum atomic E-state index is -2.69. The standard InChI is InChI=1S/C20H14F3N5/c21-16-5-4-15(27-11-20(22,23)12-27)8-18(16)28-10-14-7-13(9-25-19(14)26-28)17-3-1-2-6-24-17/h1-10H,11-12H2. The minimum absolute atomic E-state index is 0.185. The topological polar surface area (TPSA) is 46.8 Å². The molecule has 1 aliphatic heterocycles. The molecule has 1 saturated heterocycles. The molecule has 0 aliphatic carbocycles. The number of hydrogen-bond acceptors (Lipinski definition) is 4. The van der Waals surface area contributed by atoms with Gasteiger partial charge in [-0.15, -0.1) is 5.10 Å². The summed E-state index contributed by atoms with van der Waals surface area (Å²) in [6.07, 6.45) is 5.03. The van der Waals surface area contributed by atoms with Crippen LogP contribution in [0.15, 0.2) is 61.1 Å². The van der Waals surface area contributed by atoms with Crippen LogP contribution in [-0.2, 0) is 0 Å². The van der Waals surface area contributed by atoms with E-state index in [4.69, 9.17) is 0 Å². The SMILES string of the molecule is Fc1ccc(N2CC(F)(F)C2)cc1-n1cc2cc(-c3ccccn3)cnc2n1. The van der Waals surface area contributed by atoms with Gasteiger partial charge in [0.15, 0.2) is 5.65 Å². The molecule has 1 fully saturated rings. The maximum absolute atomic E-state index is 14.4. The molecule has 5 nitrogen and oxygen atoms in total. The van der Waals surface area contributed by atoms with Crippen molar-refractivity contribution >= 4 is 16.7 Å². The Morgan fingerprint density at radius 3 is 2.61 bits per heavy atom. The molecule has 0 atom stereocenters. The molecule has 0 bridgehead atoms. The normalized spacial score (nSPS) is 15.6. The number of pyridine rings is 2. The van der Waals surface area contributed by atoms with E-state index in [2.05, 4.69) is 15.1 Å². The first-order chi connectivity index (χ1) is 13.5. The molecule has 0 saturated carbocycles. The zero-order valence-corrected chi connectivity index (χ0v) is 14.6. The lowest BCUT2D eigenvalue weighted by Crippen LogP contribution is -2.56. The first-order valence-electron chi connectivity index (χ1n) is 8.68. The van der Waals surface area contributed by atoms with Gasteiger partial charge in [0.05, 0.1) is 18.8 Å². The predicted molar refractivity (Wildman–Crippen MR) is 99.2 cm³/mol. The third kappa shape index (κ3) is 2.87. The molecular formula is C20H14F3N5. The van der Waals surface area contributed by atoms with Crippen molar-refractivity contribution in [3.8, 4) is 16.9 Å². The van der Waals surface area contributed by atoms with E-state index in [-0.39, 0.29) is 18.8 Å². The van der Waals surface area contributed by atoms with Crippen molar-refractivity contribution in [3.05, 3.63) is 66.9 Å². The van der Waals surface area contributed by atoms with Crippen molar-refractivity contribution in [2.24, 2.45) is 0 Å². The summed E-state index contributed by atoms with van der Waals surface area (Å²) < 4.78 is 42.1. The number of benzene rings is 1. The van der Waals surface area contributed by atoms with Gasteiger partial charge in [0, 0.05) is 35.2 Å². The zero-order chi connectivity index (χ0) is 19.3. The highest BCUT2D eigenvalue weighted by Gasteiger charge is 2.44. The second kappa shape index (κ2) is 6.05. The highest BCUT2D eigenvalue weighted by atomic mass is 19.3. The Balaban J connectivity index is 1.52. The third-order valence-electron chi connectivity index (χ3n) is 4.71. The molecule has 1 aliphatic rings. The smallest absolute Gasteiger partial charge is 0.282 e. The van der Waals surface area contributed by atoms with E-state index in [1.54, 1.807) is 18.6 Å². The number of halogens is 3. The Morgan fingerprint density at radius 2 is 1.86 bits per heavy atom. The van der Waals surface area contributed by atoms with Crippen LogP contribution in [0.4, 0.5) is 18.9 Å². The average molecular weight is 381 g/mol. The number of nitrogens with zero attached hydrogens (tertiary/aromatic N) is 5. The Hall–Kier alpha value is -3.42. The molecular weight excluding hydrogens is 367 g/mol. The van der Waals surface area contributed by atoms with Gasteiger partial charge < -0.3 is 4.90 Å². The first-order valence-corrected chi connectivity index (χ1v) is 8.68. The number of hydrogen-bond donors (Lipinski definition) is 0. The number of rotatable bonds is 3. The van der Waals surface area contributed by atoms with Crippen LogP contribution in [0.1, 0.15) is 0 Å². The van der Waals surface area contributed by atoms with Crippen LogP contribution >= 0.6 is 0 Å². The molecule has 0 unspecified atom stereocenters. The van der Waals surface area contributed by atoms with Crippen LogP contribution in [0.2, 0.25) is 0 Å². The predicted octanol–water partition coefficient (Wildman–Crippen LogP) is 4.08. The summed E-state index contributed by atoms with van der Waals surface area (Å²) in [5.41, 5.74) is 2.77. The third-order valence-corrected chi connectivity index (χ3v) is 4.71. The molecule has 1 aromatic carbocycles. The Kier molecular flexibility index (Phi) is 3.61. The van der Waals surface area contributed by atoms with Crippen LogP contribution in [0.25, 0.3) is 28.0 Å². The van der Waals surface area contributed by atoms with Gasteiger partial charge in [0.1, 0.15) is 11.5 Å². The fourth-order valence-electron chi connectivity index (χ4n) is 3.28. The van der Waals surface area contributed by atoms with Gasteiger partial charge in [-0.05, 0) is 36.4 Å². The van der Waals surface area contributed by atoms with Gasteiger partial charge in [-0.25, -0.2) is 22.8 Å². The average Bonchev–Trinajstić information content (AvgIpc) is 3.10. The van der Waals surface area contributed by atoms with E-state index in [9.17, 15) is 13.2 Å². The van der Waals surface area contributed by atoms with Crippen LogP contribution in [-0.4, -0.2) is 38.8 Å². The summed E-state index contributed by atoms with van der Waals surface area (Å²) in [4.78, 5) is 10.1. The zero-order valence-electron chi connectivity index (χ0n) is 14.6. The minimum Gasteiger partial charge on any atom is -0.359 e. The molecule has 0 radical (unpaired) electrons. The van der Waals surface area contributed by atoms with Crippen LogP contribution in [0, 0.1) is 5.82 Å². The Morgan fingerprint density at radius 1 is 1.00 bits per heavy atom. The van der Waals surface area contributed by atoms with Gasteiger partial charge in [-0.2, -0.15) is 0 Å². The van der Waals surface area contributed by atoms with Crippen LogP contribution < -0.4 is 4.90 Å². The largest absolute Gasteiger partial charge is 0.359 e. The molecule has 4 heterocycles. The van der Waals surface area contributed by atoms with Gasteiger partial charge in [0.2, 0.25) is 0 Å². The fraction of sp³-hybridized carbons (Fsp3) is 0.150. The molecule has 8 heteroatoms. The monoisotopic (exact) mass is 381 g/mol. The first kappa shape index (κ1) is 16.7. The second-order valence-corrected chi connectivity index (χ2v) is 6.77. The number of aromatic nitrogens is 4.